The summed E-state index contributed by atoms with van der Waals surface area (Å²) in [6.07, 6.45) is 4.97. The van der Waals surface area contributed by atoms with E-state index < -0.39 is 10.1 Å². The highest BCUT2D eigenvalue weighted by molar-refractivity contribution is 8.29. The Hall–Kier alpha value is -0.830. The summed E-state index contributed by atoms with van der Waals surface area (Å²) in [5.41, 5.74) is 2.49. The second kappa shape index (κ2) is 9.39. The minimum Gasteiger partial charge on any atom is -0.315 e. The quantitative estimate of drug-likeness (QED) is 0.576. The lowest BCUT2D eigenvalue weighted by molar-refractivity contribution is -0.118. The molecule has 0 aliphatic heterocycles. The minimum atomic E-state index is -3.51. The summed E-state index contributed by atoms with van der Waals surface area (Å²) >= 11 is 5.37. The van der Waals surface area contributed by atoms with Gasteiger partial charge < -0.3 is 4.90 Å². The first kappa shape index (κ1) is 23.2. The number of rotatable bonds is 9. The number of carbonyl (C=O) groups is 1. The third-order valence-corrected chi connectivity index (χ3v) is 8.03. The molecule has 0 radical (unpaired) electrons. The molecule has 1 unspecified atom stereocenters. The van der Waals surface area contributed by atoms with Gasteiger partial charge in [0.25, 0.3) is 10.1 Å². The van der Waals surface area contributed by atoms with Crippen molar-refractivity contribution in [1.82, 2.24) is 0 Å². The predicted octanol–water partition coefficient (Wildman–Crippen LogP) is 2.96. The van der Waals surface area contributed by atoms with E-state index in [9.17, 15) is 13.2 Å². The number of hydrogen-bond donors (Lipinski definition) is 0. The van der Waals surface area contributed by atoms with Gasteiger partial charge in [0, 0.05) is 23.9 Å². The van der Waals surface area contributed by atoms with Gasteiger partial charge in [0.2, 0.25) is 5.91 Å². The van der Waals surface area contributed by atoms with E-state index in [0.29, 0.717) is 6.42 Å². The van der Waals surface area contributed by atoms with Crippen LogP contribution in [0.4, 0.5) is 5.69 Å². The van der Waals surface area contributed by atoms with Crippen LogP contribution in [0, 0.1) is 0 Å². The highest BCUT2D eigenvalue weighted by Crippen LogP contribution is 2.23. The highest BCUT2D eigenvalue weighted by atomic mass is 32.8. The normalized spacial score (nSPS) is 13.5. The lowest BCUT2D eigenvalue weighted by Gasteiger charge is -2.26. The first-order valence-corrected chi connectivity index (χ1v) is 12.8. The van der Waals surface area contributed by atoms with Crippen LogP contribution in [0.5, 0.6) is 0 Å². The van der Waals surface area contributed by atoms with Crippen molar-refractivity contribution in [3.05, 3.63) is 29.3 Å². The SMILES string of the molecule is CCc1cc(COS(C)(=O)=O)cc(N(C)C(=O)CCC(C)(C)S(C)=S)c1. The number of nitrogens with zero attached hydrogens (tertiary/aromatic N) is 1. The third-order valence-electron chi connectivity index (χ3n) is 4.37. The van der Waals surface area contributed by atoms with Crippen LogP contribution in [0.2, 0.25) is 0 Å². The maximum atomic E-state index is 12.6. The molecule has 0 bridgehead atoms. The molecule has 1 atom stereocenters. The Morgan fingerprint density at radius 1 is 1.27 bits per heavy atom. The molecule has 1 aromatic rings. The molecular formula is C18H29NO4S3. The van der Waals surface area contributed by atoms with Crippen molar-refractivity contribution < 1.29 is 17.4 Å². The molecule has 0 heterocycles. The van der Waals surface area contributed by atoms with Crippen molar-refractivity contribution in [1.29, 1.82) is 0 Å². The number of anilines is 1. The van der Waals surface area contributed by atoms with Gasteiger partial charge in [0.1, 0.15) is 0 Å². The number of carbonyl (C=O) groups excluding carboxylic acids is 1. The molecule has 5 nitrogen and oxygen atoms in total. The molecule has 1 rings (SSSR count). The summed E-state index contributed by atoms with van der Waals surface area (Å²) in [5.74, 6) is 0.0155. The zero-order valence-corrected chi connectivity index (χ0v) is 18.8. The van der Waals surface area contributed by atoms with Crippen LogP contribution < -0.4 is 4.90 Å². The molecule has 0 N–H and O–H groups in total. The minimum absolute atomic E-state index is 0.0155. The Kier molecular flexibility index (Phi) is 8.38. The first-order valence-electron chi connectivity index (χ1n) is 8.43. The highest BCUT2D eigenvalue weighted by Gasteiger charge is 2.22. The Balaban J connectivity index is 2.94. The number of aryl methyl sites for hydroxylation is 1. The molecule has 0 saturated heterocycles. The molecule has 0 spiro atoms. The molecule has 26 heavy (non-hydrogen) atoms. The molecule has 0 aromatic heterocycles. The summed E-state index contributed by atoms with van der Waals surface area (Å²) in [6.45, 7) is 6.16. The van der Waals surface area contributed by atoms with E-state index in [2.05, 4.69) is 13.8 Å². The Morgan fingerprint density at radius 3 is 2.35 bits per heavy atom. The average Bonchev–Trinajstić information content (AvgIpc) is 2.56. The molecule has 8 heteroatoms. The van der Waals surface area contributed by atoms with E-state index >= 15 is 0 Å². The van der Waals surface area contributed by atoms with Crippen LogP contribution in [-0.4, -0.2) is 38.6 Å². The summed E-state index contributed by atoms with van der Waals surface area (Å²) < 4.78 is 27.3. The van der Waals surface area contributed by atoms with Crippen LogP contribution in [0.15, 0.2) is 18.2 Å². The van der Waals surface area contributed by atoms with Crippen molar-refractivity contribution in [2.24, 2.45) is 0 Å². The van der Waals surface area contributed by atoms with E-state index in [0.717, 1.165) is 35.9 Å². The Labute approximate surface area is 164 Å². The lowest BCUT2D eigenvalue weighted by Crippen LogP contribution is -2.31. The monoisotopic (exact) mass is 419 g/mol. The number of benzene rings is 1. The molecule has 1 aromatic carbocycles. The van der Waals surface area contributed by atoms with Crippen LogP contribution in [0.1, 0.15) is 44.7 Å². The van der Waals surface area contributed by atoms with Crippen molar-refractivity contribution in [3.8, 4) is 0 Å². The van der Waals surface area contributed by atoms with E-state index in [4.69, 9.17) is 15.4 Å². The fraction of sp³-hybridized carbons (Fsp3) is 0.611. The largest absolute Gasteiger partial charge is 0.315 e. The third kappa shape index (κ3) is 7.42. The molecule has 0 saturated carbocycles. The second-order valence-electron chi connectivity index (χ2n) is 6.99. The fourth-order valence-corrected chi connectivity index (χ4v) is 3.25. The maximum Gasteiger partial charge on any atom is 0.264 e. The Morgan fingerprint density at radius 2 is 1.85 bits per heavy atom. The standard InChI is InChI=1S/C18H29NO4S3/c1-7-14-10-15(13-23-26(6,21)22)12-16(11-14)19(4)17(20)8-9-18(2,3)25(5)24/h10-12H,7-9,13H2,1-6H3. The molecular weight excluding hydrogens is 390 g/mol. The van der Waals surface area contributed by atoms with Crippen molar-refractivity contribution in [3.63, 3.8) is 0 Å². The van der Waals surface area contributed by atoms with E-state index in [1.165, 1.54) is 0 Å². The van der Waals surface area contributed by atoms with Gasteiger partial charge in [-0.3, -0.25) is 8.98 Å². The molecule has 0 aliphatic rings. The van der Waals surface area contributed by atoms with E-state index in [-0.39, 0.29) is 26.7 Å². The van der Waals surface area contributed by atoms with Gasteiger partial charge in [-0.15, -0.1) is 9.45 Å². The van der Waals surface area contributed by atoms with Crippen LogP contribution in [-0.2, 0) is 52.8 Å². The van der Waals surface area contributed by atoms with E-state index in [1.807, 2.05) is 25.3 Å². The van der Waals surface area contributed by atoms with Crippen molar-refractivity contribution in [2.45, 2.75) is 51.4 Å². The van der Waals surface area contributed by atoms with Gasteiger partial charge in [-0.1, -0.05) is 38.0 Å². The topological polar surface area (TPSA) is 63.7 Å². The summed E-state index contributed by atoms with van der Waals surface area (Å²) in [5, 5.41) is 0. The second-order valence-corrected chi connectivity index (χ2v) is 12.2. The van der Waals surface area contributed by atoms with Gasteiger partial charge in [-0.05, 0) is 42.4 Å². The van der Waals surface area contributed by atoms with Gasteiger partial charge in [0.05, 0.1) is 12.9 Å². The number of amides is 1. The van der Waals surface area contributed by atoms with Crippen LogP contribution in [0.25, 0.3) is 0 Å². The van der Waals surface area contributed by atoms with Crippen LogP contribution in [0.3, 0.4) is 0 Å². The maximum absolute atomic E-state index is 12.6. The lowest BCUT2D eigenvalue weighted by atomic mass is 10.0. The van der Waals surface area contributed by atoms with Gasteiger partial charge in [0.15, 0.2) is 0 Å². The molecule has 148 valence electrons. The average molecular weight is 420 g/mol. The summed E-state index contributed by atoms with van der Waals surface area (Å²) in [7, 11) is -1.95. The van der Waals surface area contributed by atoms with Crippen molar-refractivity contribution >= 4 is 42.4 Å². The fourth-order valence-electron chi connectivity index (χ4n) is 2.26. The summed E-state index contributed by atoms with van der Waals surface area (Å²) in [4.78, 5) is 14.2. The first-order chi connectivity index (χ1) is 11.9. The summed E-state index contributed by atoms with van der Waals surface area (Å²) in [6, 6.07) is 5.64. The Bertz CT molecular complexity index is 773. The van der Waals surface area contributed by atoms with Gasteiger partial charge in [-0.25, -0.2) is 0 Å². The zero-order valence-electron chi connectivity index (χ0n) is 16.4. The number of hydrogen-bond acceptors (Lipinski definition) is 5. The van der Waals surface area contributed by atoms with Crippen molar-refractivity contribution in [2.75, 3.05) is 24.5 Å². The smallest absolute Gasteiger partial charge is 0.264 e. The van der Waals surface area contributed by atoms with Crippen LogP contribution >= 0.6 is 0 Å². The molecule has 0 fully saturated rings. The van der Waals surface area contributed by atoms with Gasteiger partial charge >= 0.3 is 0 Å². The van der Waals surface area contributed by atoms with Gasteiger partial charge in [-0.2, -0.15) is 8.42 Å². The zero-order chi connectivity index (χ0) is 20.1. The van der Waals surface area contributed by atoms with E-state index in [1.54, 1.807) is 18.0 Å². The molecule has 1 amide bonds. The predicted molar refractivity (Wildman–Crippen MR) is 113 cm³/mol. The molecule has 0 aliphatic carbocycles.